The van der Waals surface area contributed by atoms with E-state index in [4.69, 9.17) is 17.2 Å². The van der Waals surface area contributed by atoms with Crippen LogP contribution in [-0.2, 0) is 9.63 Å². The number of carbonyl (C=O) groups is 1. The molecule has 0 saturated carbocycles. The molecule has 0 bridgehead atoms. The molecule has 0 spiro atoms. The Kier molecular flexibility index (Phi) is 9.95. The molecule has 1 amide bonds. The molecule has 0 fully saturated rings. The molecule has 21 heavy (non-hydrogen) atoms. The molecule has 0 aliphatic carbocycles. The maximum Gasteiger partial charge on any atom is 0.237 e. The molecule has 0 aromatic heterocycles. The van der Waals surface area contributed by atoms with E-state index in [-0.39, 0.29) is 17.9 Å². The number of oxime groups is 1. The molecule has 0 aliphatic rings. The van der Waals surface area contributed by atoms with Crippen LogP contribution in [0.25, 0.3) is 0 Å². The van der Waals surface area contributed by atoms with Crippen LogP contribution >= 0.6 is 0 Å². The van der Waals surface area contributed by atoms with Crippen molar-refractivity contribution >= 4 is 18.1 Å². The van der Waals surface area contributed by atoms with Crippen LogP contribution in [0.5, 0.6) is 0 Å². The molecule has 0 radical (unpaired) electrons. The second-order valence-electron chi connectivity index (χ2n) is 5.24. The quantitative estimate of drug-likeness (QED) is 0.187. The molecule has 1 unspecified atom stereocenters. The number of rotatable bonds is 10. The zero-order chi connectivity index (χ0) is 16.3. The molecule has 0 aromatic carbocycles. The molecule has 0 heterocycles. The summed E-state index contributed by atoms with van der Waals surface area (Å²) in [5.41, 5.74) is 16.3. The Morgan fingerprint density at radius 1 is 1.38 bits per heavy atom. The summed E-state index contributed by atoms with van der Waals surface area (Å²) >= 11 is 0. The Hall–Kier alpha value is -1.83. The van der Waals surface area contributed by atoms with Gasteiger partial charge in [-0.1, -0.05) is 19.0 Å². The lowest BCUT2D eigenvalue weighted by atomic mass is 10.0. The van der Waals surface area contributed by atoms with Gasteiger partial charge in [0.2, 0.25) is 5.91 Å². The SMILES string of the molecule is CO/N=C/[C@H](CC(C)C)NC(=O)C(N)CCCN=C(N)N. The van der Waals surface area contributed by atoms with E-state index in [2.05, 4.69) is 34.1 Å². The van der Waals surface area contributed by atoms with E-state index in [1.807, 2.05) is 0 Å². The van der Waals surface area contributed by atoms with Crippen LogP contribution in [0.1, 0.15) is 33.1 Å². The molecule has 8 heteroatoms. The van der Waals surface area contributed by atoms with Gasteiger partial charge in [-0.05, 0) is 25.2 Å². The number of hydrogen-bond donors (Lipinski definition) is 4. The fourth-order valence-corrected chi connectivity index (χ4v) is 1.74. The molecule has 2 atom stereocenters. The first-order chi connectivity index (χ1) is 9.86. The second-order valence-corrected chi connectivity index (χ2v) is 5.24. The minimum atomic E-state index is -0.593. The minimum Gasteiger partial charge on any atom is -0.399 e. The van der Waals surface area contributed by atoms with Crippen molar-refractivity contribution in [3.05, 3.63) is 0 Å². The first kappa shape index (κ1) is 19.2. The van der Waals surface area contributed by atoms with Crippen molar-refractivity contribution < 1.29 is 9.63 Å². The van der Waals surface area contributed by atoms with Gasteiger partial charge in [0.05, 0.1) is 18.3 Å². The van der Waals surface area contributed by atoms with E-state index < -0.39 is 6.04 Å². The van der Waals surface area contributed by atoms with Crippen molar-refractivity contribution in [2.75, 3.05) is 13.7 Å². The highest BCUT2D eigenvalue weighted by molar-refractivity contribution is 5.84. The van der Waals surface area contributed by atoms with Crippen LogP contribution < -0.4 is 22.5 Å². The summed E-state index contributed by atoms with van der Waals surface area (Å²) in [5, 5.41) is 6.56. The van der Waals surface area contributed by atoms with Gasteiger partial charge in [-0.15, -0.1) is 0 Å². The Balaban J connectivity index is 4.26. The van der Waals surface area contributed by atoms with Crippen LogP contribution in [0.4, 0.5) is 0 Å². The highest BCUT2D eigenvalue weighted by atomic mass is 16.6. The maximum absolute atomic E-state index is 12.0. The van der Waals surface area contributed by atoms with Crippen molar-refractivity contribution in [1.82, 2.24) is 5.32 Å². The lowest BCUT2D eigenvalue weighted by molar-refractivity contribution is -0.122. The van der Waals surface area contributed by atoms with E-state index in [1.54, 1.807) is 6.21 Å². The third-order valence-electron chi connectivity index (χ3n) is 2.70. The van der Waals surface area contributed by atoms with Gasteiger partial charge in [0, 0.05) is 6.54 Å². The van der Waals surface area contributed by atoms with Gasteiger partial charge >= 0.3 is 0 Å². The van der Waals surface area contributed by atoms with E-state index >= 15 is 0 Å². The Morgan fingerprint density at radius 2 is 2.05 bits per heavy atom. The van der Waals surface area contributed by atoms with Crippen molar-refractivity contribution in [1.29, 1.82) is 0 Å². The summed E-state index contributed by atoms with van der Waals surface area (Å²) < 4.78 is 0. The largest absolute Gasteiger partial charge is 0.399 e. The van der Waals surface area contributed by atoms with Gasteiger partial charge in [0.1, 0.15) is 7.11 Å². The summed E-state index contributed by atoms with van der Waals surface area (Å²) in [6, 6.07) is -0.786. The molecule has 0 aliphatic heterocycles. The molecule has 122 valence electrons. The number of nitrogens with two attached hydrogens (primary N) is 3. The van der Waals surface area contributed by atoms with Crippen LogP contribution in [0.15, 0.2) is 10.1 Å². The van der Waals surface area contributed by atoms with Crippen molar-refractivity contribution in [3.8, 4) is 0 Å². The average Bonchev–Trinajstić information content (AvgIpc) is 2.39. The standard InChI is InChI=1S/C13H28N6O2/c1-9(2)7-10(8-18-21-3)19-12(20)11(14)5-4-6-17-13(15)16/h8-11H,4-7,14H2,1-3H3,(H,19,20)(H4,15,16,17)/b18-8+/t10-,11?/m0/s1. The minimum absolute atomic E-state index is 0.0424. The van der Waals surface area contributed by atoms with Crippen LogP contribution in [0, 0.1) is 5.92 Å². The van der Waals surface area contributed by atoms with Gasteiger partial charge < -0.3 is 27.4 Å². The number of amides is 1. The normalized spacial score (nSPS) is 14.0. The number of nitrogens with zero attached hydrogens (tertiary/aromatic N) is 2. The van der Waals surface area contributed by atoms with E-state index in [0.29, 0.717) is 25.3 Å². The summed E-state index contributed by atoms with van der Waals surface area (Å²) in [7, 11) is 1.46. The molecule has 0 rings (SSSR count). The maximum atomic E-state index is 12.0. The monoisotopic (exact) mass is 300 g/mol. The predicted octanol–water partition coefficient (Wildman–Crippen LogP) is -0.470. The molecule has 0 saturated heterocycles. The lowest BCUT2D eigenvalue weighted by Gasteiger charge is -2.19. The van der Waals surface area contributed by atoms with Crippen LogP contribution in [0.3, 0.4) is 0 Å². The van der Waals surface area contributed by atoms with Gasteiger partial charge in [-0.2, -0.15) is 0 Å². The highest BCUT2D eigenvalue weighted by Gasteiger charge is 2.17. The molecular formula is C13H28N6O2. The van der Waals surface area contributed by atoms with Crippen LogP contribution in [-0.4, -0.2) is 43.8 Å². The van der Waals surface area contributed by atoms with Gasteiger partial charge in [0.25, 0.3) is 0 Å². The summed E-state index contributed by atoms with van der Waals surface area (Å²) in [6.07, 6.45) is 3.50. The third kappa shape index (κ3) is 10.6. The zero-order valence-electron chi connectivity index (χ0n) is 13.1. The fourth-order valence-electron chi connectivity index (χ4n) is 1.74. The highest BCUT2D eigenvalue weighted by Crippen LogP contribution is 2.04. The summed E-state index contributed by atoms with van der Waals surface area (Å²) in [6.45, 7) is 4.59. The van der Waals surface area contributed by atoms with Crippen LogP contribution in [0.2, 0.25) is 0 Å². The first-order valence-electron chi connectivity index (χ1n) is 7.04. The number of aliphatic imine (C=N–C) groups is 1. The van der Waals surface area contributed by atoms with Crippen molar-refractivity contribution in [2.45, 2.75) is 45.2 Å². The number of hydrogen-bond acceptors (Lipinski definition) is 5. The molecular weight excluding hydrogens is 272 g/mol. The topological polar surface area (TPSA) is 141 Å². The Labute approximate surface area is 126 Å². The Morgan fingerprint density at radius 3 is 2.57 bits per heavy atom. The lowest BCUT2D eigenvalue weighted by Crippen LogP contribution is -2.46. The van der Waals surface area contributed by atoms with E-state index in [0.717, 1.165) is 6.42 Å². The predicted molar refractivity (Wildman–Crippen MR) is 84.8 cm³/mol. The fraction of sp³-hybridized carbons (Fsp3) is 0.769. The number of carbonyl (C=O) groups excluding carboxylic acids is 1. The van der Waals surface area contributed by atoms with Gasteiger partial charge in [0.15, 0.2) is 5.96 Å². The third-order valence-corrected chi connectivity index (χ3v) is 2.70. The number of guanidine groups is 1. The summed E-state index contributed by atoms with van der Waals surface area (Å²) in [5.74, 6) is 0.241. The van der Waals surface area contributed by atoms with Crippen molar-refractivity contribution in [3.63, 3.8) is 0 Å². The van der Waals surface area contributed by atoms with Gasteiger partial charge in [-0.3, -0.25) is 9.79 Å². The molecule has 0 aromatic rings. The van der Waals surface area contributed by atoms with Gasteiger partial charge in [-0.25, -0.2) is 0 Å². The van der Waals surface area contributed by atoms with E-state index in [9.17, 15) is 4.79 Å². The second kappa shape index (κ2) is 10.9. The average molecular weight is 300 g/mol. The van der Waals surface area contributed by atoms with Crippen molar-refractivity contribution in [2.24, 2.45) is 33.3 Å². The Bertz CT molecular complexity index is 353. The number of nitrogens with one attached hydrogen (secondary N) is 1. The molecule has 8 nitrogen and oxygen atoms in total. The van der Waals surface area contributed by atoms with E-state index in [1.165, 1.54) is 7.11 Å². The molecule has 7 N–H and O–H groups in total. The smallest absolute Gasteiger partial charge is 0.237 e. The summed E-state index contributed by atoms with van der Waals surface area (Å²) in [4.78, 5) is 20.5. The first-order valence-corrected chi connectivity index (χ1v) is 7.04. The zero-order valence-corrected chi connectivity index (χ0v) is 13.1.